The third-order valence-electron chi connectivity index (χ3n) is 10.7. The van der Waals surface area contributed by atoms with Crippen LogP contribution in [0.15, 0.2) is 188 Å². The van der Waals surface area contributed by atoms with Crippen molar-refractivity contribution in [1.29, 1.82) is 0 Å². The van der Waals surface area contributed by atoms with Gasteiger partial charge in [-0.1, -0.05) is 158 Å². The van der Waals surface area contributed by atoms with E-state index in [9.17, 15) is 0 Å². The fourth-order valence-electron chi connectivity index (χ4n) is 7.91. The quantitative estimate of drug-likeness (QED) is 0.166. The maximum absolute atomic E-state index is 5.25. The van der Waals surface area contributed by atoms with Crippen LogP contribution >= 0.6 is 11.3 Å². The maximum Gasteiger partial charge on any atom is 0.160 e. The lowest BCUT2D eigenvalue weighted by Crippen LogP contribution is -1.96. The van der Waals surface area contributed by atoms with Crippen molar-refractivity contribution in [3.8, 4) is 56.3 Å². The highest BCUT2D eigenvalue weighted by atomic mass is 32.1. The summed E-state index contributed by atoms with van der Waals surface area (Å²) in [4.78, 5) is 15.6. The fraction of sp³-hybridized carbons (Fsp3) is 0. The molecule has 3 nitrogen and oxygen atoms in total. The van der Waals surface area contributed by atoms with Crippen LogP contribution in [-0.2, 0) is 0 Å². The molecular weight excluding hydrogens is 687 g/mol. The summed E-state index contributed by atoms with van der Waals surface area (Å²) in [5.41, 5.74) is 10.3. The van der Waals surface area contributed by atoms with Crippen molar-refractivity contribution in [2.75, 3.05) is 0 Å². The number of rotatable bonds is 5. The molecule has 0 bridgehead atoms. The molecule has 3 aromatic heterocycles. The van der Waals surface area contributed by atoms with E-state index in [1.807, 2.05) is 17.4 Å². The van der Waals surface area contributed by atoms with Gasteiger partial charge in [0.15, 0.2) is 5.82 Å². The minimum absolute atomic E-state index is 0.695. The molecule has 0 spiro atoms. The number of nitrogens with zero attached hydrogens (tertiary/aromatic N) is 3. The first-order valence-corrected chi connectivity index (χ1v) is 19.3. The lowest BCUT2D eigenvalue weighted by molar-refractivity contribution is 1.18. The van der Waals surface area contributed by atoms with Gasteiger partial charge in [0.1, 0.15) is 0 Å². The van der Waals surface area contributed by atoms with Gasteiger partial charge in [-0.2, -0.15) is 0 Å². The van der Waals surface area contributed by atoms with Crippen molar-refractivity contribution in [2.24, 2.45) is 0 Å². The van der Waals surface area contributed by atoms with Gasteiger partial charge in [0.2, 0.25) is 0 Å². The lowest BCUT2D eigenvalue weighted by atomic mass is 9.97. The Morgan fingerprint density at radius 1 is 0.345 bits per heavy atom. The summed E-state index contributed by atoms with van der Waals surface area (Å²) < 4.78 is 2.48. The highest BCUT2D eigenvalue weighted by Crippen LogP contribution is 2.44. The van der Waals surface area contributed by atoms with E-state index in [4.69, 9.17) is 15.0 Å². The minimum Gasteiger partial charge on any atom is -0.247 e. The van der Waals surface area contributed by atoms with Gasteiger partial charge >= 0.3 is 0 Å². The van der Waals surface area contributed by atoms with E-state index in [0.717, 1.165) is 50.4 Å². The van der Waals surface area contributed by atoms with Crippen LogP contribution in [0.3, 0.4) is 0 Å². The molecule has 0 unspecified atom stereocenters. The summed E-state index contributed by atoms with van der Waals surface area (Å²) in [5.74, 6) is 0.695. The summed E-state index contributed by atoms with van der Waals surface area (Å²) >= 11 is 1.83. The molecule has 0 aliphatic carbocycles. The molecule has 11 rings (SSSR count). The standard InChI is InChI=1S/C51H31N3S/c1-3-12-34(13-4-1)45-31-46(39-26-28-47-43(30-39)48-49(35-14-5-2-6-15-35)52-44-18-10-9-17-42(44)50(48)55-47)54-51(53-45)36-22-19-32(20-23-36)37-25-27-41-38(29-37)24-21-33-11-7-8-16-40(33)41/h1-31H. The van der Waals surface area contributed by atoms with Gasteiger partial charge in [0, 0.05) is 47.8 Å². The number of thiophene rings is 1. The van der Waals surface area contributed by atoms with Crippen LogP contribution in [0.2, 0.25) is 0 Å². The fourth-order valence-corrected chi connectivity index (χ4v) is 9.13. The third kappa shape index (κ3) is 5.46. The zero-order valence-corrected chi connectivity index (χ0v) is 30.5. The predicted octanol–water partition coefficient (Wildman–Crippen LogP) is 14.0. The van der Waals surface area contributed by atoms with Crippen LogP contribution in [0, 0.1) is 0 Å². The molecule has 0 saturated carbocycles. The Kier molecular flexibility index (Phi) is 7.35. The molecule has 3 heterocycles. The zero-order valence-electron chi connectivity index (χ0n) is 29.6. The first-order valence-electron chi connectivity index (χ1n) is 18.5. The maximum atomic E-state index is 5.25. The van der Waals surface area contributed by atoms with Gasteiger partial charge in [0.25, 0.3) is 0 Å². The van der Waals surface area contributed by atoms with Crippen LogP contribution in [0.1, 0.15) is 0 Å². The van der Waals surface area contributed by atoms with E-state index in [-0.39, 0.29) is 0 Å². The van der Waals surface area contributed by atoms with Crippen LogP contribution in [-0.4, -0.2) is 15.0 Å². The second kappa shape index (κ2) is 12.8. The van der Waals surface area contributed by atoms with E-state index < -0.39 is 0 Å². The second-order valence-electron chi connectivity index (χ2n) is 14.0. The molecule has 0 aliphatic heterocycles. The van der Waals surface area contributed by atoms with Crippen molar-refractivity contribution >= 4 is 64.0 Å². The van der Waals surface area contributed by atoms with E-state index in [2.05, 4.69) is 182 Å². The molecule has 11 aromatic rings. The molecule has 0 saturated heterocycles. The number of pyridine rings is 1. The molecule has 0 radical (unpaired) electrons. The van der Waals surface area contributed by atoms with Gasteiger partial charge in [-0.25, -0.2) is 15.0 Å². The Bertz CT molecular complexity index is 3240. The Balaban J connectivity index is 1.04. The van der Waals surface area contributed by atoms with E-state index in [1.165, 1.54) is 52.7 Å². The molecule has 0 aliphatic rings. The summed E-state index contributed by atoms with van der Waals surface area (Å²) in [7, 11) is 0. The third-order valence-corrected chi connectivity index (χ3v) is 11.9. The molecule has 0 atom stereocenters. The monoisotopic (exact) mass is 717 g/mol. The number of aromatic nitrogens is 3. The van der Waals surface area contributed by atoms with E-state index in [1.54, 1.807) is 0 Å². The first kappa shape index (κ1) is 31.5. The van der Waals surface area contributed by atoms with E-state index in [0.29, 0.717) is 5.82 Å². The number of benzene rings is 8. The van der Waals surface area contributed by atoms with Crippen LogP contribution < -0.4 is 0 Å². The van der Waals surface area contributed by atoms with Crippen LogP contribution in [0.25, 0.3) is 109 Å². The highest BCUT2D eigenvalue weighted by Gasteiger charge is 2.18. The topological polar surface area (TPSA) is 38.7 Å². The number of para-hydroxylation sites is 1. The Morgan fingerprint density at radius 3 is 1.78 bits per heavy atom. The number of fused-ring (bicyclic) bond motifs is 8. The van der Waals surface area contributed by atoms with Gasteiger partial charge in [-0.3, -0.25) is 0 Å². The average molecular weight is 718 g/mol. The van der Waals surface area contributed by atoms with Crippen molar-refractivity contribution in [2.45, 2.75) is 0 Å². The number of hydrogen-bond acceptors (Lipinski definition) is 4. The molecule has 0 amide bonds. The average Bonchev–Trinajstić information content (AvgIpc) is 3.66. The van der Waals surface area contributed by atoms with Crippen molar-refractivity contribution in [1.82, 2.24) is 15.0 Å². The second-order valence-corrected chi connectivity index (χ2v) is 15.0. The normalized spacial score (nSPS) is 11.6. The Labute approximate surface area is 321 Å². The van der Waals surface area contributed by atoms with Crippen LogP contribution in [0.5, 0.6) is 0 Å². The van der Waals surface area contributed by atoms with Gasteiger partial charge in [-0.05, 0) is 63.0 Å². The summed E-state index contributed by atoms with van der Waals surface area (Å²) in [5, 5.41) is 8.59. The molecule has 256 valence electrons. The number of hydrogen-bond donors (Lipinski definition) is 0. The molecule has 0 fully saturated rings. The van der Waals surface area contributed by atoms with Crippen molar-refractivity contribution in [3.63, 3.8) is 0 Å². The Morgan fingerprint density at radius 2 is 0.964 bits per heavy atom. The summed E-state index contributed by atoms with van der Waals surface area (Å²) in [6, 6.07) is 66.6. The summed E-state index contributed by atoms with van der Waals surface area (Å²) in [6.45, 7) is 0. The predicted molar refractivity (Wildman–Crippen MR) is 232 cm³/mol. The smallest absolute Gasteiger partial charge is 0.160 e. The molecule has 55 heavy (non-hydrogen) atoms. The first-order chi connectivity index (χ1) is 27.2. The molecule has 4 heteroatoms. The molecule has 0 N–H and O–H groups in total. The SMILES string of the molecule is c1ccc(-c2cc(-c3ccc4sc5c6ccccc6nc(-c6ccccc6)c5c4c3)nc(-c3ccc(-c4ccc5c(ccc6ccccc65)c4)cc3)n2)cc1. The van der Waals surface area contributed by atoms with E-state index >= 15 is 0 Å². The minimum atomic E-state index is 0.695. The van der Waals surface area contributed by atoms with Gasteiger partial charge in [0.05, 0.1) is 22.6 Å². The zero-order chi connectivity index (χ0) is 36.3. The Hall–Kier alpha value is -7.01. The molecular formula is C51H31N3S. The van der Waals surface area contributed by atoms with Crippen molar-refractivity contribution in [3.05, 3.63) is 188 Å². The lowest BCUT2D eigenvalue weighted by Gasteiger charge is -2.11. The van der Waals surface area contributed by atoms with Crippen LogP contribution in [0.4, 0.5) is 0 Å². The summed E-state index contributed by atoms with van der Waals surface area (Å²) in [6.07, 6.45) is 0. The molecule has 8 aromatic carbocycles. The highest BCUT2D eigenvalue weighted by molar-refractivity contribution is 7.26. The van der Waals surface area contributed by atoms with Crippen molar-refractivity contribution < 1.29 is 0 Å². The van der Waals surface area contributed by atoms with Gasteiger partial charge < -0.3 is 0 Å². The van der Waals surface area contributed by atoms with Gasteiger partial charge in [-0.15, -0.1) is 11.3 Å². The largest absolute Gasteiger partial charge is 0.247 e.